The molecular formula is C55H40. The van der Waals surface area contributed by atoms with Crippen LogP contribution in [0.5, 0.6) is 0 Å². The second kappa shape index (κ2) is 11.7. The molecule has 0 heteroatoms. The standard InChI is InChI=1S/C55H40/c1-54(2,3)43-29-30-46-47(34-43)50(38-27-25-35-15-10-11-16-37(35)31-38)44-22-12-13-23-45(44)51(46)40-32-39-28-26-36-17-14-24-48-52(36)53(39)49(33-40)55(48,41-18-6-4-7-19-41)42-20-8-5-9-21-42/h4-34H,1-3H3. The predicted molar refractivity (Wildman–Crippen MR) is 235 cm³/mol. The van der Waals surface area contributed by atoms with E-state index in [1.54, 1.807) is 0 Å². The molecule has 0 spiro atoms. The van der Waals surface area contributed by atoms with Crippen molar-refractivity contribution in [3.8, 4) is 22.3 Å². The third kappa shape index (κ3) is 4.58. The van der Waals surface area contributed by atoms with Gasteiger partial charge in [0.15, 0.2) is 0 Å². The van der Waals surface area contributed by atoms with Crippen LogP contribution in [0, 0.1) is 0 Å². The van der Waals surface area contributed by atoms with Crippen LogP contribution in [0.15, 0.2) is 188 Å². The summed E-state index contributed by atoms with van der Waals surface area (Å²) in [7, 11) is 0. The SMILES string of the molecule is CC(C)(C)c1ccc2c(-c3cc4c5c(ccc6cccc(c65)C4(c4ccccc4)c4ccccc4)c3)c3ccccc3c(-c3ccc4ccccc4c3)c2c1. The first-order valence-corrected chi connectivity index (χ1v) is 19.5. The summed E-state index contributed by atoms with van der Waals surface area (Å²) >= 11 is 0. The van der Waals surface area contributed by atoms with Crippen molar-refractivity contribution in [2.24, 2.45) is 0 Å². The Balaban J connectivity index is 1.29. The Labute approximate surface area is 322 Å². The van der Waals surface area contributed by atoms with E-state index >= 15 is 0 Å². The van der Waals surface area contributed by atoms with Crippen LogP contribution in [0.1, 0.15) is 48.6 Å². The maximum absolute atomic E-state index is 2.55. The van der Waals surface area contributed by atoms with Crippen molar-refractivity contribution in [1.82, 2.24) is 0 Å². The highest BCUT2D eigenvalue weighted by atomic mass is 14.5. The van der Waals surface area contributed by atoms with Gasteiger partial charge in [0.25, 0.3) is 0 Å². The van der Waals surface area contributed by atoms with Crippen molar-refractivity contribution >= 4 is 53.9 Å². The summed E-state index contributed by atoms with van der Waals surface area (Å²) in [5.41, 5.74) is 11.2. The molecule has 10 aromatic rings. The van der Waals surface area contributed by atoms with Crippen LogP contribution in [0.2, 0.25) is 0 Å². The average Bonchev–Trinajstić information content (AvgIpc) is 3.53. The second-order valence-electron chi connectivity index (χ2n) is 16.4. The van der Waals surface area contributed by atoms with Crippen LogP contribution in [0.3, 0.4) is 0 Å². The highest BCUT2D eigenvalue weighted by Crippen LogP contribution is 2.57. The number of hydrogen-bond donors (Lipinski definition) is 0. The molecule has 0 unspecified atom stereocenters. The minimum atomic E-state index is -0.476. The lowest BCUT2D eigenvalue weighted by molar-refractivity contribution is 0.591. The largest absolute Gasteiger partial charge is 0.0714 e. The summed E-state index contributed by atoms with van der Waals surface area (Å²) in [6.07, 6.45) is 0. The van der Waals surface area contributed by atoms with Gasteiger partial charge in [-0.15, -0.1) is 0 Å². The summed E-state index contributed by atoms with van der Waals surface area (Å²) in [5, 5.41) is 12.9. The highest BCUT2D eigenvalue weighted by Gasteiger charge is 2.45. The van der Waals surface area contributed by atoms with E-state index < -0.39 is 5.41 Å². The van der Waals surface area contributed by atoms with Crippen molar-refractivity contribution < 1.29 is 0 Å². The van der Waals surface area contributed by atoms with E-state index in [1.807, 2.05) is 0 Å². The zero-order valence-corrected chi connectivity index (χ0v) is 31.4. The zero-order chi connectivity index (χ0) is 36.9. The molecule has 0 heterocycles. The maximum Gasteiger partial charge on any atom is 0.0714 e. The van der Waals surface area contributed by atoms with Crippen LogP contribution >= 0.6 is 0 Å². The summed E-state index contributed by atoms with van der Waals surface area (Å²) < 4.78 is 0. The van der Waals surface area contributed by atoms with Crippen LogP contribution in [-0.2, 0) is 10.8 Å². The molecule has 10 aromatic carbocycles. The van der Waals surface area contributed by atoms with E-state index in [-0.39, 0.29) is 5.41 Å². The molecule has 0 amide bonds. The number of benzene rings is 10. The van der Waals surface area contributed by atoms with Gasteiger partial charge in [0.05, 0.1) is 5.41 Å². The minimum absolute atomic E-state index is 0.00234. The molecule has 0 bridgehead atoms. The molecule has 260 valence electrons. The highest BCUT2D eigenvalue weighted by molar-refractivity contribution is 6.24. The Morgan fingerprint density at radius 3 is 1.60 bits per heavy atom. The molecule has 1 aliphatic carbocycles. The quantitative estimate of drug-likeness (QED) is 0.127. The molecule has 11 rings (SSSR count). The van der Waals surface area contributed by atoms with Crippen LogP contribution in [0.4, 0.5) is 0 Å². The molecule has 0 nitrogen and oxygen atoms in total. The first kappa shape index (κ1) is 32.0. The Hall–Kier alpha value is -6.50. The summed E-state index contributed by atoms with van der Waals surface area (Å²) in [6, 6.07) is 71.0. The van der Waals surface area contributed by atoms with Gasteiger partial charge in [-0.1, -0.05) is 185 Å². The minimum Gasteiger partial charge on any atom is -0.0622 e. The Morgan fingerprint density at radius 2 is 0.891 bits per heavy atom. The third-order valence-corrected chi connectivity index (χ3v) is 12.4. The normalized spacial score (nSPS) is 13.5. The predicted octanol–water partition coefficient (Wildman–Crippen LogP) is 14.8. The summed E-state index contributed by atoms with van der Waals surface area (Å²) in [4.78, 5) is 0. The average molecular weight is 701 g/mol. The fourth-order valence-electron chi connectivity index (χ4n) is 9.92. The lowest BCUT2D eigenvalue weighted by Crippen LogP contribution is -2.28. The van der Waals surface area contributed by atoms with Crippen molar-refractivity contribution in [3.63, 3.8) is 0 Å². The van der Waals surface area contributed by atoms with Crippen LogP contribution in [0.25, 0.3) is 76.1 Å². The van der Waals surface area contributed by atoms with Gasteiger partial charge in [-0.2, -0.15) is 0 Å². The first-order chi connectivity index (χ1) is 26.9. The van der Waals surface area contributed by atoms with Gasteiger partial charge in [-0.25, -0.2) is 0 Å². The second-order valence-corrected chi connectivity index (χ2v) is 16.4. The Kier molecular flexibility index (Phi) is 6.83. The monoisotopic (exact) mass is 700 g/mol. The topological polar surface area (TPSA) is 0 Å². The number of fused-ring (bicyclic) bond motifs is 3. The Bertz CT molecular complexity index is 3120. The third-order valence-electron chi connectivity index (χ3n) is 12.4. The Morgan fingerprint density at radius 1 is 0.345 bits per heavy atom. The zero-order valence-electron chi connectivity index (χ0n) is 31.4. The molecule has 0 aromatic heterocycles. The first-order valence-electron chi connectivity index (χ1n) is 19.5. The van der Waals surface area contributed by atoms with Gasteiger partial charge in [0, 0.05) is 0 Å². The summed E-state index contributed by atoms with van der Waals surface area (Å²) in [5.74, 6) is 0. The van der Waals surface area contributed by atoms with Crippen LogP contribution < -0.4 is 0 Å². The van der Waals surface area contributed by atoms with E-state index in [2.05, 4.69) is 209 Å². The molecule has 0 aliphatic heterocycles. The number of rotatable bonds is 4. The molecule has 0 radical (unpaired) electrons. The van der Waals surface area contributed by atoms with Crippen molar-refractivity contribution in [2.45, 2.75) is 31.6 Å². The van der Waals surface area contributed by atoms with Gasteiger partial charge in [0.2, 0.25) is 0 Å². The van der Waals surface area contributed by atoms with Gasteiger partial charge < -0.3 is 0 Å². The smallest absolute Gasteiger partial charge is 0.0622 e. The van der Waals surface area contributed by atoms with Gasteiger partial charge in [0.1, 0.15) is 0 Å². The van der Waals surface area contributed by atoms with Crippen molar-refractivity contribution in [1.29, 1.82) is 0 Å². The molecular weight excluding hydrogens is 661 g/mol. The fourth-order valence-corrected chi connectivity index (χ4v) is 9.92. The van der Waals surface area contributed by atoms with Gasteiger partial charge in [-0.3, -0.25) is 0 Å². The van der Waals surface area contributed by atoms with Gasteiger partial charge >= 0.3 is 0 Å². The van der Waals surface area contributed by atoms with E-state index in [9.17, 15) is 0 Å². The lowest BCUT2D eigenvalue weighted by Gasteiger charge is -2.34. The lowest BCUT2D eigenvalue weighted by atomic mass is 9.67. The molecule has 1 aliphatic rings. The fraction of sp³-hybridized carbons (Fsp3) is 0.0909. The molecule has 0 saturated heterocycles. The molecule has 0 saturated carbocycles. The number of hydrogen-bond acceptors (Lipinski definition) is 0. The summed E-state index contributed by atoms with van der Waals surface area (Å²) in [6.45, 7) is 6.96. The maximum atomic E-state index is 2.55. The van der Waals surface area contributed by atoms with E-state index in [4.69, 9.17) is 0 Å². The van der Waals surface area contributed by atoms with E-state index in [1.165, 1.54) is 104 Å². The van der Waals surface area contributed by atoms with Gasteiger partial charge in [-0.05, 0) is 134 Å². The van der Waals surface area contributed by atoms with Crippen LogP contribution in [-0.4, -0.2) is 0 Å². The molecule has 0 N–H and O–H groups in total. The van der Waals surface area contributed by atoms with Crippen molar-refractivity contribution in [2.75, 3.05) is 0 Å². The molecule has 0 atom stereocenters. The van der Waals surface area contributed by atoms with E-state index in [0.717, 1.165) is 0 Å². The van der Waals surface area contributed by atoms with E-state index in [0.29, 0.717) is 0 Å². The molecule has 55 heavy (non-hydrogen) atoms. The molecule has 0 fully saturated rings. The van der Waals surface area contributed by atoms with Crippen molar-refractivity contribution in [3.05, 3.63) is 216 Å².